The van der Waals surface area contributed by atoms with E-state index in [0.29, 0.717) is 24.0 Å². The summed E-state index contributed by atoms with van der Waals surface area (Å²) in [4.78, 5) is 12.3. The Morgan fingerprint density at radius 3 is 2.59 bits per heavy atom. The van der Waals surface area contributed by atoms with Gasteiger partial charge >= 0.3 is 5.97 Å². The number of hydrogen-bond acceptors (Lipinski definition) is 6. The summed E-state index contributed by atoms with van der Waals surface area (Å²) in [6, 6.07) is 17.7. The molecule has 0 aliphatic heterocycles. The van der Waals surface area contributed by atoms with Crippen LogP contribution in [0.1, 0.15) is 31.7 Å². The SMILES string of the molecule is CCOC(=O)C(CC)Sc1nnc(COc2cccc(C)c2)n1-c1ccccc1. The molecule has 0 fully saturated rings. The fraction of sp³-hybridized carbons (Fsp3) is 0.318. The number of benzene rings is 2. The van der Waals surface area contributed by atoms with Crippen molar-refractivity contribution in [3.05, 3.63) is 66.0 Å². The molecule has 0 aliphatic rings. The van der Waals surface area contributed by atoms with Crippen molar-refractivity contribution in [2.75, 3.05) is 6.61 Å². The van der Waals surface area contributed by atoms with Gasteiger partial charge in [0.1, 0.15) is 17.6 Å². The van der Waals surface area contributed by atoms with Crippen LogP contribution in [0, 0.1) is 6.92 Å². The lowest BCUT2D eigenvalue weighted by Crippen LogP contribution is -2.20. The Kier molecular flexibility index (Phi) is 7.30. The fourth-order valence-corrected chi connectivity index (χ4v) is 3.81. The molecule has 1 heterocycles. The second kappa shape index (κ2) is 10.1. The molecule has 3 rings (SSSR count). The highest BCUT2D eigenvalue weighted by atomic mass is 32.2. The number of carbonyl (C=O) groups excluding carboxylic acids is 1. The molecule has 1 atom stereocenters. The number of esters is 1. The van der Waals surface area contributed by atoms with Gasteiger partial charge in [0.05, 0.1) is 6.61 Å². The molecular weight excluding hydrogens is 386 g/mol. The summed E-state index contributed by atoms with van der Waals surface area (Å²) in [5.74, 6) is 1.21. The van der Waals surface area contributed by atoms with E-state index in [1.807, 2.05) is 79.9 Å². The van der Waals surface area contributed by atoms with Crippen molar-refractivity contribution in [2.24, 2.45) is 0 Å². The Hall–Kier alpha value is -2.80. The summed E-state index contributed by atoms with van der Waals surface area (Å²) in [5, 5.41) is 8.98. The number of rotatable bonds is 9. The van der Waals surface area contributed by atoms with Crippen molar-refractivity contribution in [1.29, 1.82) is 0 Å². The van der Waals surface area contributed by atoms with Crippen LogP contribution in [0.3, 0.4) is 0 Å². The molecule has 0 saturated heterocycles. The molecule has 0 amide bonds. The van der Waals surface area contributed by atoms with Crippen LogP contribution in [-0.2, 0) is 16.1 Å². The molecule has 3 aromatic rings. The van der Waals surface area contributed by atoms with Crippen LogP contribution in [0.2, 0.25) is 0 Å². The second-order valence-electron chi connectivity index (χ2n) is 6.44. The number of carbonyl (C=O) groups is 1. The molecule has 7 heteroatoms. The number of ether oxygens (including phenoxy) is 2. The van der Waals surface area contributed by atoms with E-state index in [2.05, 4.69) is 10.2 Å². The van der Waals surface area contributed by atoms with Gasteiger partial charge in [-0.15, -0.1) is 10.2 Å². The molecule has 1 unspecified atom stereocenters. The summed E-state index contributed by atoms with van der Waals surface area (Å²) in [6.45, 7) is 6.41. The van der Waals surface area contributed by atoms with Crippen LogP contribution in [-0.4, -0.2) is 32.6 Å². The maximum atomic E-state index is 12.3. The van der Waals surface area contributed by atoms with Crippen molar-refractivity contribution in [2.45, 2.75) is 44.2 Å². The Balaban J connectivity index is 1.88. The molecule has 1 aromatic heterocycles. The third-order valence-corrected chi connectivity index (χ3v) is 5.53. The minimum atomic E-state index is -0.341. The standard InChI is InChI=1S/C22H25N3O3S/c1-4-19(21(26)27-5-2)29-22-24-23-20(25(22)17-11-7-6-8-12-17)15-28-18-13-9-10-16(3)14-18/h6-14,19H,4-5,15H2,1-3H3. The van der Waals surface area contributed by atoms with Crippen molar-refractivity contribution >= 4 is 17.7 Å². The molecule has 29 heavy (non-hydrogen) atoms. The number of nitrogens with zero attached hydrogens (tertiary/aromatic N) is 3. The highest BCUT2D eigenvalue weighted by molar-refractivity contribution is 8.00. The van der Waals surface area contributed by atoms with Crippen molar-refractivity contribution in [1.82, 2.24) is 14.8 Å². The van der Waals surface area contributed by atoms with Crippen LogP contribution in [0.4, 0.5) is 0 Å². The summed E-state index contributed by atoms with van der Waals surface area (Å²) < 4.78 is 13.1. The minimum Gasteiger partial charge on any atom is -0.486 e. The highest BCUT2D eigenvalue weighted by Crippen LogP contribution is 2.28. The van der Waals surface area contributed by atoms with Gasteiger partial charge in [-0.05, 0) is 50.1 Å². The molecule has 0 aliphatic carbocycles. The molecule has 0 bridgehead atoms. The van der Waals surface area contributed by atoms with Gasteiger partial charge in [0.15, 0.2) is 11.0 Å². The summed E-state index contributed by atoms with van der Waals surface area (Å²) >= 11 is 1.36. The van der Waals surface area contributed by atoms with Gasteiger partial charge < -0.3 is 9.47 Å². The van der Waals surface area contributed by atoms with E-state index < -0.39 is 0 Å². The average Bonchev–Trinajstić information content (AvgIpc) is 3.13. The summed E-state index contributed by atoms with van der Waals surface area (Å²) in [5.41, 5.74) is 2.05. The maximum Gasteiger partial charge on any atom is 0.319 e. The van der Waals surface area contributed by atoms with Crippen molar-refractivity contribution in [3.8, 4) is 11.4 Å². The smallest absolute Gasteiger partial charge is 0.319 e. The van der Waals surface area contributed by atoms with Crippen molar-refractivity contribution < 1.29 is 14.3 Å². The maximum absolute atomic E-state index is 12.3. The fourth-order valence-electron chi connectivity index (χ4n) is 2.82. The zero-order chi connectivity index (χ0) is 20.6. The van der Waals surface area contributed by atoms with Gasteiger partial charge in [0.2, 0.25) is 0 Å². The molecular formula is C22H25N3O3S. The third kappa shape index (κ3) is 5.38. The highest BCUT2D eigenvalue weighted by Gasteiger charge is 2.24. The zero-order valence-corrected chi connectivity index (χ0v) is 17.7. The molecule has 0 radical (unpaired) electrons. The van der Waals surface area contributed by atoms with E-state index >= 15 is 0 Å². The van der Waals surface area contributed by atoms with Crippen LogP contribution >= 0.6 is 11.8 Å². The molecule has 0 spiro atoms. The third-order valence-electron chi connectivity index (χ3n) is 4.24. The Morgan fingerprint density at radius 2 is 1.90 bits per heavy atom. The van der Waals surface area contributed by atoms with E-state index in [1.165, 1.54) is 11.8 Å². The van der Waals surface area contributed by atoms with Crippen molar-refractivity contribution in [3.63, 3.8) is 0 Å². The van der Waals surface area contributed by atoms with Gasteiger partial charge in [-0.3, -0.25) is 9.36 Å². The first-order valence-corrected chi connectivity index (χ1v) is 10.5. The molecule has 0 N–H and O–H groups in total. The van der Waals surface area contributed by atoms with Crippen LogP contribution in [0.15, 0.2) is 59.8 Å². The molecule has 6 nitrogen and oxygen atoms in total. The van der Waals surface area contributed by atoms with E-state index in [1.54, 1.807) is 0 Å². The van der Waals surface area contributed by atoms with Gasteiger partial charge in [0.25, 0.3) is 0 Å². The van der Waals surface area contributed by atoms with Crippen LogP contribution < -0.4 is 4.74 Å². The lowest BCUT2D eigenvalue weighted by molar-refractivity contribution is -0.142. The van der Waals surface area contributed by atoms with Gasteiger partial charge in [0, 0.05) is 5.69 Å². The Bertz CT molecular complexity index is 943. The van der Waals surface area contributed by atoms with Gasteiger partial charge in [-0.25, -0.2) is 0 Å². The number of aromatic nitrogens is 3. The largest absolute Gasteiger partial charge is 0.486 e. The van der Waals surface area contributed by atoms with E-state index in [0.717, 1.165) is 17.0 Å². The lowest BCUT2D eigenvalue weighted by atomic mass is 10.2. The first-order chi connectivity index (χ1) is 14.1. The van der Waals surface area contributed by atoms with E-state index in [4.69, 9.17) is 9.47 Å². The molecule has 0 saturated carbocycles. The minimum absolute atomic E-state index is 0.236. The lowest BCUT2D eigenvalue weighted by Gasteiger charge is -2.15. The Morgan fingerprint density at radius 1 is 1.10 bits per heavy atom. The quantitative estimate of drug-likeness (QED) is 0.379. The number of aryl methyl sites for hydroxylation is 1. The van der Waals surface area contributed by atoms with Gasteiger partial charge in [-0.2, -0.15) is 0 Å². The second-order valence-corrected chi connectivity index (χ2v) is 7.61. The molecule has 2 aromatic carbocycles. The first kappa shape index (κ1) is 20.9. The van der Waals surface area contributed by atoms with E-state index in [-0.39, 0.29) is 17.8 Å². The topological polar surface area (TPSA) is 66.2 Å². The monoisotopic (exact) mass is 411 g/mol. The Labute approximate surface area is 175 Å². The molecule has 152 valence electrons. The summed E-state index contributed by atoms with van der Waals surface area (Å²) in [6.07, 6.45) is 0.639. The zero-order valence-electron chi connectivity index (χ0n) is 16.9. The van der Waals surface area contributed by atoms with Gasteiger partial charge in [-0.1, -0.05) is 49.0 Å². The van der Waals surface area contributed by atoms with Crippen LogP contribution in [0.5, 0.6) is 5.75 Å². The van der Waals surface area contributed by atoms with Crippen LogP contribution in [0.25, 0.3) is 5.69 Å². The normalized spacial score (nSPS) is 11.8. The predicted molar refractivity (Wildman–Crippen MR) is 113 cm³/mol. The number of thioether (sulfide) groups is 1. The number of hydrogen-bond donors (Lipinski definition) is 0. The predicted octanol–water partition coefficient (Wildman–Crippen LogP) is 4.59. The van der Waals surface area contributed by atoms with E-state index in [9.17, 15) is 4.79 Å². The average molecular weight is 412 g/mol. The summed E-state index contributed by atoms with van der Waals surface area (Å²) in [7, 11) is 0. The number of para-hydroxylation sites is 1. The first-order valence-electron chi connectivity index (χ1n) is 9.64.